The minimum atomic E-state index is -0.437. The second-order valence-electron chi connectivity index (χ2n) is 6.84. The molecule has 0 radical (unpaired) electrons. The van der Waals surface area contributed by atoms with Crippen molar-refractivity contribution in [2.75, 3.05) is 25.5 Å². The summed E-state index contributed by atoms with van der Waals surface area (Å²) >= 11 is 0. The van der Waals surface area contributed by atoms with Gasteiger partial charge in [-0.3, -0.25) is 4.79 Å². The highest BCUT2D eigenvalue weighted by Crippen LogP contribution is 2.36. The zero-order chi connectivity index (χ0) is 19.2. The molecular formula is C21H25FN2O3. The van der Waals surface area contributed by atoms with Crippen LogP contribution in [0.25, 0.3) is 0 Å². The van der Waals surface area contributed by atoms with Crippen LogP contribution >= 0.6 is 0 Å². The molecule has 1 saturated heterocycles. The Kier molecular flexibility index (Phi) is 6.29. The van der Waals surface area contributed by atoms with E-state index in [1.165, 1.54) is 18.2 Å². The Morgan fingerprint density at radius 3 is 2.78 bits per heavy atom. The number of amides is 1. The van der Waals surface area contributed by atoms with Crippen LogP contribution in [0.1, 0.15) is 24.8 Å². The minimum Gasteiger partial charge on any atom is -0.493 e. The van der Waals surface area contributed by atoms with Gasteiger partial charge in [0, 0.05) is 12.5 Å². The molecule has 0 bridgehead atoms. The van der Waals surface area contributed by atoms with Crippen molar-refractivity contribution in [2.24, 2.45) is 5.92 Å². The summed E-state index contributed by atoms with van der Waals surface area (Å²) < 4.78 is 25.0. The lowest BCUT2D eigenvalue weighted by atomic mass is 10.0. The Morgan fingerprint density at radius 2 is 2.04 bits per heavy atom. The molecule has 1 aliphatic rings. The Labute approximate surface area is 158 Å². The Hall–Kier alpha value is -2.60. The third kappa shape index (κ3) is 5.20. The molecule has 2 N–H and O–H groups in total. The lowest BCUT2D eigenvalue weighted by molar-refractivity contribution is -0.116. The number of benzene rings is 2. The highest BCUT2D eigenvalue weighted by atomic mass is 19.1. The van der Waals surface area contributed by atoms with Gasteiger partial charge in [0.05, 0.1) is 12.8 Å². The molecule has 1 heterocycles. The molecule has 1 aliphatic heterocycles. The van der Waals surface area contributed by atoms with Crippen LogP contribution in [0.15, 0.2) is 36.4 Å². The van der Waals surface area contributed by atoms with Crippen molar-refractivity contribution in [3.05, 3.63) is 47.8 Å². The van der Waals surface area contributed by atoms with Gasteiger partial charge in [-0.1, -0.05) is 6.07 Å². The molecule has 144 valence electrons. The van der Waals surface area contributed by atoms with Crippen LogP contribution in [0.4, 0.5) is 10.1 Å². The second kappa shape index (κ2) is 8.86. The van der Waals surface area contributed by atoms with E-state index < -0.39 is 5.82 Å². The average molecular weight is 372 g/mol. The first-order valence-corrected chi connectivity index (χ1v) is 9.18. The third-order valence-corrected chi connectivity index (χ3v) is 4.70. The van der Waals surface area contributed by atoms with Gasteiger partial charge < -0.3 is 20.1 Å². The average Bonchev–Trinajstić information content (AvgIpc) is 3.17. The number of methoxy groups -OCH3 is 1. The summed E-state index contributed by atoms with van der Waals surface area (Å²) in [7, 11) is 1.56. The molecule has 0 aliphatic carbocycles. The third-order valence-electron chi connectivity index (χ3n) is 4.70. The van der Waals surface area contributed by atoms with Gasteiger partial charge in [0.2, 0.25) is 5.91 Å². The van der Waals surface area contributed by atoms with Crippen molar-refractivity contribution in [1.82, 2.24) is 5.32 Å². The molecule has 27 heavy (non-hydrogen) atoms. The lowest BCUT2D eigenvalue weighted by Crippen LogP contribution is -2.15. The van der Waals surface area contributed by atoms with E-state index in [-0.39, 0.29) is 5.91 Å². The largest absolute Gasteiger partial charge is 0.493 e. The molecule has 2 aromatic carbocycles. The van der Waals surface area contributed by atoms with Crippen LogP contribution in [-0.4, -0.2) is 26.1 Å². The Balaban J connectivity index is 1.72. The SMILES string of the molecule is COc1cc(C)ccc1Oc1ccc(F)cc1NC(=O)CCC1CCNC1. The first kappa shape index (κ1) is 19.2. The highest BCUT2D eigenvalue weighted by molar-refractivity contribution is 5.92. The summed E-state index contributed by atoms with van der Waals surface area (Å²) in [6.45, 7) is 3.91. The predicted molar refractivity (Wildman–Crippen MR) is 103 cm³/mol. The maximum Gasteiger partial charge on any atom is 0.224 e. The van der Waals surface area contributed by atoms with E-state index in [1.807, 2.05) is 19.1 Å². The first-order valence-electron chi connectivity index (χ1n) is 9.18. The normalized spacial score (nSPS) is 16.2. The number of ether oxygens (including phenoxy) is 2. The summed E-state index contributed by atoms with van der Waals surface area (Å²) in [5.41, 5.74) is 1.35. The number of halogens is 1. The fourth-order valence-electron chi connectivity index (χ4n) is 3.18. The first-order chi connectivity index (χ1) is 13.0. The van der Waals surface area contributed by atoms with E-state index in [4.69, 9.17) is 9.47 Å². The standard InChI is InChI=1S/C21H25FN2O3/c1-14-3-6-19(20(11-14)26-2)27-18-7-5-16(22)12-17(18)24-21(25)8-4-15-9-10-23-13-15/h3,5-7,11-12,15,23H,4,8-10,13H2,1-2H3,(H,24,25). The van der Waals surface area contributed by atoms with Crippen LogP contribution in [-0.2, 0) is 4.79 Å². The number of aryl methyl sites for hydroxylation is 1. The molecule has 6 heteroatoms. The zero-order valence-corrected chi connectivity index (χ0v) is 15.7. The summed E-state index contributed by atoms with van der Waals surface area (Å²) in [5, 5.41) is 6.07. The minimum absolute atomic E-state index is 0.145. The second-order valence-corrected chi connectivity index (χ2v) is 6.84. The maximum absolute atomic E-state index is 13.7. The van der Waals surface area contributed by atoms with E-state index in [0.717, 1.165) is 31.5 Å². The van der Waals surface area contributed by atoms with Gasteiger partial charge in [-0.05, 0) is 68.6 Å². The van der Waals surface area contributed by atoms with Gasteiger partial charge in [0.1, 0.15) is 5.82 Å². The summed E-state index contributed by atoms with van der Waals surface area (Å²) in [4.78, 5) is 12.3. The molecule has 3 rings (SSSR count). The van der Waals surface area contributed by atoms with Gasteiger partial charge in [-0.25, -0.2) is 4.39 Å². The van der Waals surface area contributed by atoms with Crippen molar-refractivity contribution in [3.63, 3.8) is 0 Å². The van der Waals surface area contributed by atoms with Crippen LogP contribution < -0.4 is 20.1 Å². The van der Waals surface area contributed by atoms with E-state index in [9.17, 15) is 9.18 Å². The Bertz CT molecular complexity index is 804. The van der Waals surface area contributed by atoms with Gasteiger partial charge in [-0.2, -0.15) is 0 Å². The molecule has 0 spiro atoms. The molecule has 1 amide bonds. The van der Waals surface area contributed by atoms with Crippen LogP contribution in [0.3, 0.4) is 0 Å². The number of anilines is 1. The van der Waals surface area contributed by atoms with Crippen molar-refractivity contribution >= 4 is 11.6 Å². The van der Waals surface area contributed by atoms with Gasteiger partial charge in [0.15, 0.2) is 17.2 Å². The maximum atomic E-state index is 13.7. The van der Waals surface area contributed by atoms with Crippen molar-refractivity contribution < 1.29 is 18.7 Å². The van der Waals surface area contributed by atoms with Crippen LogP contribution in [0.2, 0.25) is 0 Å². The topological polar surface area (TPSA) is 59.6 Å². The number of rotatable bonds is 7. The van der Waals surface area contributed by atoms with Crippen LogP contribution in [0, 0.1) is 18.7 Å². The molecule has 0 saturated carbocycles. The zero-order valence-electron chi connectivity index (χ0n) is 15.7. The molecule has 2 aromatic rings. The fourth-order valence-corrected chi connectivity index (χ4v) is 3.18. The van der Waals surface area contributed by atoms with E-state index >= 15 is 0 Å². The van der Waals surface area contributed by atoms with Crippen molar-refractivity contribution in [3.8, 4) is 17.2 Å². The number of hydrogen-bond acceptors (Lipinski definition) is 4. The van der Waals surface area contributed by atoms with Crippen molar-refractivity contribution in [2.45, 2.75) is 26.2 Å². The predicted octanol–water partition coefficient (Wildman–Crippen LogP) is 4.26. The van der Waals surface area contributed by atoms with Gasteiger partial charge in [-0.15, -0.1) is 0 Å². The summed E-state index contributed by atoms with van der Waals surface area (Å²) in [6, 6.07) is 9.62. The van der Waals surface area contributed by atoms with E-state index in [0.29, 0.717) is 35.3 Å². The number of nitrogens with one attached hydrogen (secondary N) is 2. The number of hydrogen-bond donors (Lipinski definition) is 2. The molecule has 5 nitrogen and oxygen atoms in total. The molecule has 1 unspecified atom stereocenters. The smallest absolute Gasteiger partial charge is 0.224 e. The summed E-state index contributed by atoms with van der Waals surface area (Å²) in [6.07, 6.45) is 2.31. The van der Waals surface area contributed by atoms with Crippen LogP contribution in [0.5, 0.6) is 17.2 Å². The summed E-state index contributed by atoms with van der Waals surface area (Å²) in [5.74, 6) is 1.39. The van der Waals surface area contributed by atoms with Gasteiger partial charge in [0.25, 0.3) is 0 Å². The van der Waals surface area contributed by atoms with E-state index in [1.54, 1.807) is 13.2 Å². The lowest BCUT2D eigenvalue weighted by Gasteiger charge is -2.15. The number of carbonyl (C=O) groups excluding carboxylic acids is 1. The molecular weight excluding hydrogens is 347 g/mol. The molecule has 1 fully saturated rings. The fraction of sp³-hybridized carbons (Fsp3) is 0.381. The molecule has 0 aromatic heterocycles. The quantitative estimate of drug-likeness (QED) is 0.762. The number of carbonyl (C=O) groups is 1. The monoisotopic (exact) mass is 372 g/mol. The molecule has 1 atom stereocenters. The van der Waals surface area contributed by atoms with Crippen molar-refractivity contribution in [1.29, 1.82) is 0 Å². The van der Waals surface area contributed by atoms with Gasteiger partial charge >= 0.3 is 0 Å². The highest BCUT2D eigenvalue weighted by Gasteiger charge is 2.17. The Morgan fingerprint density at radius 1 is 1.22 bits per heavy atom. The van der Waals surface area contributed by atoms with E-state index in [2.05, 4.69) is 10.6 Å².